The van der Waals surface area contributed by atoms with E-state index < -0.39 is 16.9 Å². The molecule has 0 saturated heterocycles. The number of nitro benzene ring substituents is 1. The van der Waals surface area contributed by atoms with Gasteiger partial charge in [0.25, 0.3) is 11.2 Å². The van der Waals surface area contributed by atoms with Crippen LogP contribution in [0.4, 0.5) is 5.69 Å². The van der Waals surface area contributed by atoms with E-state index in [2.05, 4.69) is 4.57 Å². The number of nitrogens with zero attached hydrogens (tertiary/aromatic N) is 4. The zero-order valence-electron chi connectivity index (χ0n) is 30.4. The van der Waals surface area contributed by atoms with Crippen molar-refractivity contribution >= 4 is 46.5 Å². The Labute approximate surface area is 330 Å². The Morgan fingerprint density at radius 1 is 0.857 bits per heavy atom. The molecule has 0 fully saturated rings. The summed E-state index contributed by atoms with van der Waals surface area (Å²) in [5.74, 6) is -0.539. The van der Waals surface area contributed by atoms with Crippen molar-refractivity contribution in [2.24, 2.45) is 4.99 Å². The molecule has 8 rings (SSSR count). The van der Waals surface area contributed by atoms with Crippen LogP contribution < -0.4 is 14.9 Å². The smallest absolute Gasteiger partial charge is 0.338 e. The van der Waals surface area contributed by atoms with Gasteiger partial charge in [-0.15, -0.1) is 11.8 Å². The molecule has 276 valence electrons. The maximum Gasteiger partial charge on any atom is 0.338 e. The third-order valence-corrected chi connectivity index (χ3v) is 11.3. The van der Waals surface area contributed by atoms with Gasteiger partial charge in [-0.3, -0.25) is 19.5 Å². The summed E-state index contributed by atoms with van der Waals surface area (Å²) in [7, 11) is 0. The number of non-ortho nitro benzene ring substituents is 1. The molecule has 1 atom stereocenters. The predicted octanol–water partition coefficient (Wildman–Crippen LogP) is 8.69. The second-order valence-electron chi connectivity index (χ2n) is 12.9. The van der Waals surface area contributed by atoms with Crippen molar-refractivity contribution in [1.29, 1.82) is 0 Å². The van der Waals surface area contributed by atoms with Gasteiger partial charge in [0, 0.05) is 33.8 Å². The quantitative estimate of drug-likeness (QED) is 0.0596. The van der Waals surface area contributed by atoms with E-state index in [1.807, 2.05) is 134 Å². The highest BCUT2D eigenvalue weighted by Gasteiger charge is 2.35. The number of hydrogen-bond acceptors (Lipinski definition) is 8. The molecule has 9 nitrogen and oxygen atoms in total. The van der Waals surface area contributed by atoms with E-state index in [9.17, 15) is 19.7 Å². The standard InChI is InChI=1S/C45H34N4O5S2/c1-3-54-44(51)39-40(30-15-9-5-10-16-30)46-45-48(42(39)32-19-25-36(55-2)26-20-32)43(50)38(56-45)28-33-27-37(29-13-7-4-8-14-29)47(41(33)31-17-11-6-12-18-31)34-21-23-35(24-22-34)49(52)53/h4-28,42H,3H2,1-2H3/b38-28-/t42-/m1/s1. The molecule has 0 amide bonds. The van der Waals surface area contributed by atoms with Crippen molar-refractivity contribution in [2.75, 3.05) is 12.9 Å². The molecular weight excluding hydrogens is 741 g/mol. The fraction of sp³-hybridized carbons (Fsp3) is 0.0889. The number of thiazole rings is 1. The molecule has 0 unspecified atom stereocenters. The Hall–Kier alpha value is -6.56. The molecule has 5 aromatic carbocycles. The van der Waals surface area contributed by atoms with Gasteiger partial charge in [0.1, 0.15) is 0 Å². The van der Waals surface area contributed by atoms with Gasteiger partial charge in [0.2, 0.25) is 0 Å². The Bertz CT molecular complexity index is 2790. The highest BCUT2D eigenvalue weighted by molar-refractivity contribution is 7.98. The second kappa shape index (κ2) is 15.7. The van der Waals surface area contributed by atoms with Gasteiger partial charge >= 0.3 is 5.97 Å². The number of hydrogen-bond donors (Lipinski definition) is 0. The van der Waals surface area contributed by atoms with Crippen LogP contribution in [-0.4, -0.2) is 32.9 Å². The lowest BCUT2D eigenvalue weighted by Crippen LogP contribution is -2.40. The Morgan fingerprint density at radius 2 is 1.46 bits per heavy atom. The van der Waals surface area contributed by atoms with Gasteiger partial charge in [0.05, 0.1) is 44.8 Å². The SMILES string of the molecule is CCOC(=O)C1=C(c2ccccc2)N=c2s/c(=C\c3cc(-c4ccccc4)n(-c4ccc([N+](=O)[O-])cc4)c3-c3ccccc3)c(=O)n2[C@@H]1c1ccc(SC)cc1. The van der Waals surface area contributed by atoms with Crippen molar-refractivity contribution in [3.63, 3.8) is 0 Å². The molecule has 0 bridgehead atoms. The largest absolute Gasteiger partial charge is 0.463 e. The second-order valence-corrected chi connectivity index (χ2v) is 14.8. The molecule has 0 spiro atoms. The molecule has 2 aromatic heterocycles. The summed E-state index contributed by atoms with van der Waals surface area (Å²) in [6, 6.07) is 44.8. The van der Waals surface area contributed by atoms with Gasteiger partial charge < -0.3 is 9.30 Å². The minimum Gasteiger partial charge on any atom is -0.463 e. The predicted molar refractivity (Wildman–Crippen MR) is 223 cm³/mol. The van der Waals surface area contributed by atoms with E-state index >= 15 is 0 Å². The summed E-state index contributed by atoms with van der Waals surface area (Å²) in [6.07, 6.45) is 3.88. The average Bonchev–Trinajstić information content (AvgIpc) is 3.78. The minimum absolute atomic E-state index is 0.0144. The molecule has 0 aliphatic carbocycles. The molecule has 56 heavy (non-hydrogen) atoms. The monoisotopic (exact) mass is 774 g/mol. The minimum atomic E-state index is -0.809. The number of thioether (sulfide) groups is 1. The molecule has 11 heteroatoms. The van der Waals surface area contributed by atoms with Crippen molar-refractivity contribution in [3.8, 4) is 28.2 Å². The van der Waals surface area contributed by atoms with Gasteiger partial charge in [-0.25, -0.2) is 9.79 Å². The molecule has 0 N–H and O–H groups in total. The van der Waals surface area contributed by atoms with Crippen molar-refractivity contribution in [3.05, 3.63) is 198 Å². The van der Waals surface area contributed by atoms with E-state index in [0.717, 1.165) is 49.8 Å². The average molecular weight is 775 g/mol. The first-order valence-electron chi connectivity index (χ1n) is 17.9. The van der Waals surface area contributed by atoms with E-state index in [1.165, 1.54) is 23.5 Å². The fourth-order valence-electron chi connectivity index (χ4n) is 7.03. The van der Waals surface area contributed by atoms with Gasteiger partial charge in [-0.2, -0.15) is 0 Å². The third-order valence-electron chi connectivity index (χ3n) is 9.56. The van der Waals surface area contributed by atoms with Crippen LogP contribution in [0.2, 0.25) is 0 Å². The Balaban J connectivity index is 1.42. The van der Waals surface area contributed by atoms with Crippen molar-refractivity contribution in [1.82, 2.24) is 9.13 Å². The summed E-state index contributed by atoms with van der Waals surface area (Å²) < 4.78 is 9.75. The first kappa shape index (κ1) is 36.4. The first-order chi connectivity index (χ1) is 27.4. The lowest BCUT2D eigenvalue weighted by Gasteiger charge is -2.26. The lowest BCUT2D eigenvalue weighted by atomic mass is 9.93. The molecule has 7 aromatic rings. The number of carbonyl (C=O) groups is 1. The Kier molecular flexibility index (Phi) is 10.2. The highest BCUT2D eigenvalue weighted by Crippen LogP contribution is 2.38. The topological polar surface area (TPSA) is 109 Å². The maximum absolute atomic E-state index is 14.9. The molecule has 1 aliphatic rings. The fourth-order valence-corrected chi connectivity index (χ4v) is 8.43. The summed E-state index contributed by atoms with van der Waals surface area (Å²) >= 11 is 2.86. The van der Waals surface area contributed by atoms with Crippen LogP contribution in [0.15, 0.2) is 166 Å². The van der Waals surface area contributed by atoms with Crippen molar-refractivity contribution < 1.29 is 14.5 Å². The number of carbonyl (C=O) groups excluding carboxylic acids is 1. The van der Waals surface area contributed by atoms with E-state index in [0.29, 0.717) is 15.0 Å². The lowest BCUT2D eigenvalue weighted by molar-refractivity contribution is -0.384. The zero-order valence-corrected chi connectivity index (χ0v) is 32.0. The van der Waals surface area contributed by atoms with E-state index in [-0.39, 0.29) is 23.4 Å². The van der Waals surface area contributed by atoms with Crippen LogP contribution >= 0.6 is 23.1 Å². The van der Waals surface area contributed by atoms with Crippen LogP contribution in [0, 0.1) is 10.1 Å². The number of benzene rings is 5. The summed E-state index contributed by atoms with van der Waals surface area (Å²) in [4.78, 5) is 46.6. The van der Waals surface area contributed by atoms with Crippen LogP contribution in [0.3, 0.4) is 0 Å². The summed E-state index contributed by atoms with van der Waals surface area (Å²) in [5.41, 5.74) is 6.82. The molecule has 0 saturated carbocycles. The Morgan fingerprint density at radius 3 is 2.05 bits per heavy atom. The van der Waals surface area contributed by atoms with Crippen LogP contribution in [0.25, 0.3) is 40.0 Å². The molecule has 0 radical (unpaired) electrons. The first-order valence-corrected chi connectivity index (χ1v) is 19.9. The zero-order chi connectivity index (χ0) is 38.8. The summed E-state index contributed by atoms with van der Waals surface area (Å²) in [5, 5.41) is 11.6. The number of rotatable bonds is 10. The molecule has 3 heterocycles. The number of aromatic nitrogens is 2. The van der Waals surface area contributed by atoms with Crippen LogP contribution in [0.1, 0.15) is 29.7 Å². The molecule has 1 aliphatic heterocycles. The number of fused-ring (bicyclic) bond motifs is 1. The number of ether oxygens (including phenoxy) is 1. The van der Waals surface area contributed by atoms with E-state index in [4.69, 9.17) is 9.73 Å². The van der Waals surface area contributed by atoms with Gasteiger partial charge in [0.15, 0.2) is 4.80 Å². The number of esters is 1. The summed E-state index contributed by atoms with van der Waals surface area (Å²) in [6.45, 7) is 1.92. The van der Waals surface area contributed by atoms with Crippen LogP contribution in [0.5, 0.6) is 0 Å². The normalized spacial score (nSPS) is 14.0. The molecular formula is C45H34N4O5S2. The maximum atomic E-state index is 14.9. The third kappa shape index (κ3) is 6.82. The van der Waals surface area contributed by atoms with E-state index in [1.54, 1.807) is 35.4 Å². The number of nitro groups is 1. The van der Waals surface area contributed by atoms with Gasteiger partial charge in [-0.1, -0.05) is 114 Å². The van der Waals surface area contributed by atoms with Gasteiger partial charge in [-0.05, 0) is 66.3 Å². The van der Waals surface area contributed by atoms with Crippen molar-refractivity contribution in [2.45, 2.75) is 17.9 Å². The van der Waals surface area contributed by atoms with Crippen LogP contribution in [-0.2, 0) is 9.53 Å². The highest BCUT2D eigenvalue weighted by atomic mass is 32.2.